The van der Waals surface area contributed by atoms with E-state index in [0.717, 1.165) is 6.08 Å². The zero-order valence-electron chi connectivity index (χ0n) is 10.4. The summed E-state index contributed by atoms with van der Waals surface area (Å²) in [5.41, 5.74) is 8.76. The number of rotatable bonds is 1. The Balaban J connectivity index is 0.00000162. The summed E-state index contributed by atoms with van der Waals surface area (Å²) < 4.78 is 31.3. The van der Waals surface area contributed by atoms with Crippen molar-refractivity contribution in [3.8, 4) is 0 Å². The molecule has 1 aromatic carbocycles. The molecule has 1 aliphatic carbocycles. The number of carbonyl (C=O) groups is 1. The summed E-state index contributed by atoms with van der Waals surface area (Å²) >= 11 is 0. The Labute approximate surface area is 126 Å². The number of fused-ring (bicyclic) bond motifs is 1. The monoisotopic (exact) mass is 274 g/mol. The first kappa shape index (κ1) is 15.0. The third-order valence-electron chi connectivity index (χ3n) is 2.32. The van der Waals surface area contributed by atoms with Gasteiger partial charge in [-0.15, -0.1) is 0 Å². The van der Waals surface area contributed by atoms with Crippen LogP contribution in [0.4, 0.5) is 0 Å². The summed E-state index contributed by atoms with van der Waals surface area (Å²) in [7, 11) is -4.50. The van der Waals surface area contributed by atoms with Gasteiger partial charge in [-0.25, -0.2) is 0 Å². The molecule has 0 unspecified atom stereocenters. The van der Waals surface area contributed by atoms with Crippen molar-refractivity contribution in [2.45, 2.75) is 0 Å². The van der Waals surface area contributed by atoms with E-state index in [1.807, 2.05) is 0 Å². The topological polar surface area (TPSA) is 108 Å². The molecule has 8 heteroatoms. The van der Waals surface area contributed by atoms with Crippen molar-refractivity contribution in [1.29, 1.82) is 0 Å². The molecule has 2 rings (SSSR count). The van der Waals surface area contributed by atoms with Crippen molar-refractivity contribution in [1.82, 2.24) is 0 Å². The SMILES string of the molecule is [H-].[N-]=[N+]=C1C(=O)C=C(S(=O)(=O)O)c2ccccc21.[Na+]. The number of allylic oxidation sites excluding steroid dienone is 1. The quantitative estimate of drug-likeness (QED) is 0.267. The fourth-order valence-electron chi connectivity index (χ4n) is 1.62. The van der Waals surface area contributed by atoms with Crippen LogP contribution in [0.3, 0.4) is 0 Å². The maximum absolute atomic E-state index is 11.5. The molecule has 0 saturated carbocycles. The van der Waals surface area contributed by atoms with Crippen molar-refractivity contribution in [2.24, 2.45) is 0 Å². The third kappa shape index (κ3) is 2.51. The average Bonchev–Trinajstić information content (AvgIpc) is 2.27. The van der Waals surface area contributed by atoms with E-state index in [1.54, 1.807) is 12.1 Å². The molecule has 6 nitrogen and oxygen atoms in total. The molecule has 0 spiro atoms. The number of ketones is 1. The maximum Gasteiger partial charge on any atom is 1.00 e. The van der Waals surface area contributed by atoms with E-state index in [9.17, 15) is 13.2 Å². The van der Waals surface area contributed by atoms with Crippen LogP contribution < -0.4 is 29.6 Å². The Bertz CT molecular complexity index is 708. The van der Waals surface area contributed by atoms with E-state index in [-0.39, 0.29) is 47.8 Å². The Morgan fingerprint density at radius 1 is 1.22 bits per heavy atom. The minimum atomic E-state index is -4.50. The largest absolute Gasteiger partial charge is 1.00 e. The average molecular weight is 274 g/mol. The second-order valence-corrected chi connectivity index (χ2v) is 4.73. The number of hydrogen-bond donors (Lipinski definition) is 1. The van der Waals surface area contributed by atoms with Crippen molar-refractivity contribution in [2.75, 3.05) is 0 Å². The standard InChI is InChI=1S/C10H6N2O4S.Na.H/c11-12-10-7-4-2-1-3-6(7)9(5-8(10)13)17(14,15)16;;/h1-5H,(H,14,15,16);;/q;+1;-1. The van der Waals surface area contributed by atoms with Crippen LogP contribution in [0.1, 0.15) is 12.6 Å². The summed E-state index contributed by atoms with van der Waals surface area (Å²) in [4.78, 5) is 13.8. The second kappa shape index (κ2) is 5.27. The minimum Gasteiger partial charge on any atom is -1.00 e. The summed E-state index contributed by atoms with van der Waals surface area (Å²) in [6, 6.07) is 5.94. The third-order valence-corrected chi connectivity index (χ3v) is 3.21. The first-order valence-corrected chi connectivity index (χ1v) is 5.94. The maximum atomic E-state index is 11.5. The van der Waals surface area contributed by atoms with Crippen LogP contribution in [-0.2, 0) is 14.9 Å². The predicted molar refractivity (Wildman–Crippen MR) is 59.8 cm³/mol. The van der Waals surface area contributed by atoms with Gasteiger partial charge in [-0.2, -0.15) is 13.2 Å². The number of carbonyl (C=O) groups excluding carboxylic acids is 1. The molecule has 0 bridgehead atoms. The molecule has 88 valence electrons. The summed E-state index contributed by atoms with van der Waals surface area (Å²) in [6.45, 7) is 0. The number of benzene rings is 1. The van der Waals surface area contributed by atoms with Gasteiger partial charge in [-0.05, 0) is 6.07 Å². The smallest absolute Gasteiger partial charge is 1.00 e. The van der Waals surface area contributed by atoms with E-state index in [1.165, 1.54) is 12.1 Å². The van der Waals surface area contributed by atoms with Crippen LogP contribution in [0.2, 0.25) is 0 Å². The van der Waals surface area contributed by atoms with Crippen molar-refractivity contribution < 1.29 is 53.5 Å². The molecule has 0 aliphatic heterocycles. The van der Waals surface area contributed by atoms with E-state index < -0.39 is 20.8 Å². The Hall–Kier alpha value is -1.08. The van der Waals surface area contributed by atoms with Gasteiger partial charge in [0.15, 0.2) is 0 Å². The summed E-state index contributed by atoms with van der Waals surface area (Å²) in [5, 5.41) is 0. The van der Waals surface area contributed by atoms with Crippen molar-refractivity contribution in [3.63, 3.8) is 0 Å². The van der Waals surface area contributed by atoms with Gasteiger partial charge in [0.2, 0.25) is 0 Å². The molecule has 0 aromatic heterocycles. The van der Waals surface area contributed by atoms with Gasteiger partial charge in [0.05, 0.1) is 5.56 Å². The van der Waals surface area contributed by atoms with E-state index in [4.69, 9.17) is 10.1 Å². The van der Waals surface area contributed by atoms with Crippen molar-refractivity contribution >= 4 is 26.5 Å². The summed E-state index contributed by atoms with van der Waals surface area (Å²) in [6.07, 6.45) is 0.729. The zero-order chi connectivity index (χ0) is 12.6. The molecule has 1 aromatic rings. The Morgan fingerprint density at radius 3 is 2.28 bits per heavy atom. The van der Waals surface area contributed by atoms with Crippen LogP contribution in [0.5, 0.6) is 0 Å². The Morgan fingerprint density at radius 2 is 1.78 bits per heavy atom. The molecule has 1 N–H and O–H groups in total. The first-order valence-electron chi connectivity index (χ1n) is 4.50. The fraction of sp³-hybridized carbons (Fsp3) is 0. The van der Waals surface area contributed by atoms with E-state index in [2.05, 4.69) is 4.79 Å². The molecule has 0 heterocycles. The van der Waals surface area contributed by atoms with Crippen LogP contribution >= 0.6 is 0 Å². The van der Waals surface area contributed by atoms with Crippen LogP contribution in [0, 0.1) is 0 Å². The predicted octanol–water partition coefficient (Wildman–Crippen LogP) is -2.37. The van der Waals surface area contributed by atoms with Gasteiger partial charge in [0.25, 0.3) is 15.9 Å². The number of nitrogens with zero attached hydrogens (tertiary/aromatic N) is 2. The molecule has 0 fully saturated rings. The van der Waals surface area contributed by atoms with Crippen LogP contribution in [0.15, 0.2) is 30.3 Å². The molecule has 1 aliphatic rings. The normalized spacial score (nSPS) is 14.2. The molecule has 18 heavy (non-hydrogen) atoms. The van der Waals surface area contributed by atoms with Crippen LogP contribution in [-0.4, -0.2) is 29.3 Å². The van der Waals surface area contributed by atoms with Gasteiger partial charge in [-0.3, -0.25) is 9.35 Å². The molecule has 0 radical (unpaired) electrons. The van der Waals surface area contributed by atoms with Gasteiger partial charge in [0, 0.05) is 11.6 Å². The van der Waals surface area contributed by atoms with Gasteiger partial charge >= 0.3 is 35.3 Å². The Kier molecular flexibility index (Phi) is 4.39. The molecular weight excluding hydrogens is 267 g/mol. The minimum absolute atomic E-state index is 0. The number of hydrogen-bond acceptors (Lipinski definition) is 3. The molecule has 0 amide bonds. The van der Waals surface area contributed by atoms with Gasteiger partial charge < -0.3 is 6.96 Å². The molecule has 0 atom stereocenters. The summed E-state index contributed by atoms with van der Waals surface area (Å²) in [5.74, 6) is -0.779. The van der Waals surface area contributed by atoms with Gasteiger partial charge in [-0.1, -0.05) is 18.2 Å². The fourth-order valence-corrected chi connectivity index (χ4v) is 2.33. The van der Waals surface area contributed by atoms with E-state index >= 15 is 0 Å². The molecular formula is C10H7N2NaO4S. The zero-order valence-corrected chi connectivity index (χ0v) is 12.2. The first-order chi connectivity index (χ1) is 7.95. The van der Waals surface area contributed by atoms with Crippen molar-refractivity contribution in [3.05, 3.63) is 47.0 Å². The molecule has 0 saturated heterocycles. The van der Waals surface area contributed by atoms with Crippen LogP contribution in [0.25, 0.3) is 10.4 Å². The van der Waals surface area contributed by atoms with Gasteiger partial charge in [0.1, 0.15) is 4.91 Å². The van der Waals surface area contributed by atoms with E-state index in [0.29, 0.717) is 0 Å². The second-order valence-electron chi connectivity index (χ2n) is 3.34.